The minimum absolute atomic E-state index is 0.0735. The molecule has 0 aliphatic carbocycles. The summed E-state index contributed by atoms with van der Waals surface area (Å²) in [6.45, 7) is 3.95. The van der Waals surface area contributed by atoms with Crippen LogP contribution in [-0.4, -0.2) is 15.7 Å². The molecule has 0 unspecified atom stereocenters. The van der Waals surface area contributed by atoms with E-state index in [4.69, 9.17) is 17.0 Å². The van der Waals surface area contributed by atoms with E-state index in [2.05, 4.69) is 0 Å². The lowest BCUT2D eigenvalue weighted by molar-refractivity contribution is 0.00924. The van der Waals surface area contributed by atoms with E-state index in [0.717, 1.165) is 17.5 Å². The topological polar surface area (TPSA) is 40.5 Å². The van der Waals surface area contributed by atoms with Crippen LogP contribution in [0.1, 0.15) is 35.3 Å². The van der Waals surface area contributed by atoms with E-state index in [9.17, 15) is 4.79 Å². The number of carbonyl (C=O) groups excluding carboxylic acids is 1. The van der Waals surface area contributed by atoms with Gasteiger partial charge in [-0.25, -0.2) is 0 Å². The van der Waals surface area contributed by atoms with Gasteiger partial charge < -0.3 is 0 Å². The molecule has 1 amide bonds. The molecule has 0 aliphatic rings. The Bertz CT molecular complexity index is 413. The van der Waals surface area contributed by atoms with Gasteiger partial charge in [0, 0.05) is 17.3 Å². The number of hydroxylamine groups is 1. The summed E-state index contributed by atoms with van der Waals surface area (Å²) >= 11 is 5.18. The van der Waals surface area contributed by atoms with E-state index < -0.39 is 5.91 Å². The summed E-state index contributed by atoms with van der Waals surface area (Å²) in [5.74, 6) is -0.622. The number of benzene rings is 1. The van der Waals surface area contributed by atoms with Crippen molar-refractivity contribution in [3.05, 3.63) is 41.0 Å². The average molecular weight is 240 g/mol. The van der Waals surface area contributed by atoms with Crippen LogP contribution in [0.5, 0.6) is 0 Å². The Morgan fingerprint density at radius 2 is 2.25 bits per heavy atom. The fourth-order valence-electron chi connectivity index (χ4n) is 1.49. The van der Waals surface area contributed by atoms with Gasteiger partial charge in [0.1, 0.15) is 0 Å². The minimum atomic E-state index is -0.622. The summed E-state index contributed by atoms with van der Waals surface area (Å²) in [5.41, 5.74) is 2.49. The number of hydrogen-bond donors (Lipinski definition) is 1. The first kappa shape index (κ1) is 12.7. The first-order valence-electron chi connectivity index (χ1n) is 5.04. The third kappa shape index (κ3) is 2.84. The molecule has 1 aromatic carbocycles. The Labute approximate surface area is 100 Å². The summed E-state index contributed by atoms with van der Waals surface area (Å²) in [6, 6.07) is 5.22. The van der Waals surface area contributed by atoms with Crippen LogP contribution in [0.4, 0.5) is 0 Å². The number of aryl methyl sites for hydroxylation is 1. The quantitative estimate of drug-likeness (QED) is 0.500. The fourth-order valence-corrected chi connectivity index (χ4v) is 1.59. The second-order valence-electron chi connectivity index (χ2n) is 3.33. The summed E-state index contributed by atoms with van der Waals surface area (Å²) < 4.78 is 0.0735. The molecule has 1 rings (SSSR count). The van der Waals surface area contributed by atoms with Gasteiger partial charge in [0.25, 0.3) is 5.91 Å². The second kappa shape index (κ2) is 5.68. The van der Waals surface area contributed by atoms with Crippen molar-refractivity contribution in [2.45, 2.75) is 20.3 Å². The molecule has 3 nitrogen and oxygen atoms in total. The molecule has 0 atom stereocenters. The highest BCUT2D eigenvalue weighted by Crippen LogP contribution is 2.16. The van der Waals surface area contributed by atoms with Gasteiger partial charge in [0.05, 0.1) is 0 Å². The standard InChI is InChI=1S/C12H14ClNO2/c1-3-5-10-6-7-11(8-9(10)4-2)12(15)14(13)16/h3,5-8,16H,4H2,1-2H3. The van der Waals surface area contributed by atoms with Crippen molar-refractivity contribution in [1.29, 1.82) is 0 Å². The minimum Gasteiger partial charge on any atom is -0.270 e. The Morgan fingerprint density at radius 1 is 1.56 bits per heavy atom. The smallest absolute Gasteiger partial charge is 0.270 e. The zero-order chi connectivity index (χ0) is 12.1. The van der Waals surface area contributed by atoms with Gasteiger partial charge in [0.2, 0.25) is 0 Å². The molecule has 0 heterocycles. The molecule has 0 saturated heterocycles. The SMILES string of the molecule is CC=Cc1ccc(C(=O)N(O)Cl)cc1CC. The van der Waals surface area contributed by atoms with Crippen LogP contribution in [0.3, 0.4) is 0 Å². The van der Waals surface area contributed by atoms with Crippen molar-refractivity contribution in [1.82, 2.24) is 4.58 Å². The van der Waals surface area contributed by atoms with E-state index in [0.29, 0.717) is 5.56 Å². The third-order valence-corrected chi connectivity index (χ3v) is 2.44. The molecule has 0 bridgehead atoms. The number of halogens is 1. The number of nitrogens with zero attached hydrogens (tertiary/aromatic N) is 1. The summed E-state index contributed by atoms with van der Waals surface area (Å²) in [4.78, 5) is 11.4. The molecule has 86 valence electrons. The predicted molar refractivity (Wildman–Crippen MR) is 64.3 cm³/mol. The van der Waals surface area contributed by atoms with E-state index in [1.165, 1.54) is 0 Å². The highest BCUT2D eigenvalue weighted by Gasteiger charge is 2.12. The van der Waals surface area contributed by atoms with Gasteiger partial charge in [0.15, 0.2) is 0 Å². The van der Waals surface area contributed by atoms with Crippen LogP contribution in [0, 0.1) is 0 Å². The molecule has 0 spiro atoms. The van der Waals surface area contributed by atoms with Crippen molar-refractivity contribution in [2.24, 2.45) is 0 Å². The first-order chi connectivity index (χ1) is 7.60. The van der Waals surface area contributed by atoms with Crippen molar-refractivity contribution < 1.29 is 10.0 Å². The Balaban J connectivity index is 3.13. The van der Waals surface area contributed by atoms with E-state index in [1.807, 2.05) is 32.1 Å². The monoisotopic (exact) mass is 239 g/mol. The molecule has 0 radical (unpaired) electrons. The van der Waals surface area contributed by atoms with Crippen molar-refractivity contribution in [3.63, 3.8) is 0 Å². The van der Waals surface area contributed by atoms with Gasteiger partial charge in [-0.05, 0) is 36.6 Å². The number of allylic oxidation sites excluding steroid dienone is 1. The van der Waals surface area contributed by atoms with Gasteiger partial charge in [-0.2, -0.15) is 0 Å². The molecule has 0 saturated carbocycles. The Morgan fingerprint density at radius 3 is 2.75 bits per heavy atom. The number of amides is 1. The lowest BCUT2D eigenvalue weighted by Crippen LogP contribution is -2.17. The zero-order valence-corrected chi connectivity index (χ0v) is 10.0. The first-order valence-corrected chi connectivity index (χ1v) is 5.38. The lowest BCUT2D eigenvalue weighted by atomic mass is 10.0. The molecule has 1 aromatic rings. The second-order valence-corrected chi connectivity index (χ2v) is 3.65. The molecular weight excluding hydrogens is 226 g/mol. The maximum absolute atomic E-state index is 11.4. The zero-order valence-electron chi connectivity index (χ0n) is 9.27. The molecule has 16 heavy (non-hydrogen) atoms. The lowest BCUT2D eigenvalue weighted by Gasteiger charge is -2.08. The normalized spacial score (nSPS) is 10.8. The summed E-state index contributed by atoms with van der Waals surface area (Å²) in [7, 11) is 0. The molecule has 4 heteroatoms. The highest BCUT2D eigenvalue weighted by molar-refractivity contribution is 6.22. The van der Waals surface area contributed by atoms with Crippen molar-refractivity contribution in [2.75, 3.05) is 0 Å². The largest absolute Gasteiger partial charge is 0.292 e. The number of hydrogen-bond acceptors (Lipinski definition) is 2. The third-order valence-electron chi connectivity index (χ3n) is 2.28. The van der Waals surface area contributed by atoms with Crippen LogP contribution in [0.25, 0.3) is 6.08 Å². The molecule has 0 aromatic heterocycles. The number of rotatable bonds is 3. The van der Waals surface area contributed by atoms with Crippen LogP contribution >= 0.6 is 11.8 Å². The predicted octanol–water partition coefficient (Wildman–Crippen LogP) is 3.27. The average Bonchev–Trinajstić information content (AvgIpc) is 2.29. The summed E-state index contributed by atoms with van der Waals surface area (Å²) in [6.07, 6.45) is 4.73. The number of carbonyl (C=O) groups is 1. The maximum Gasteiger partial charge on any atom is 0.292 e. The highest BCUT2D eigenvalue weighted by atomic mass is 35.5. The van der Waals surface area contributed by atoms with E-state index in [-0.39, 0.29) is 4.58 Å². The van der Waals surface area contributed by atoms with Crippen LogP contribution in [0.2, 0.25) is 0 Å². The van der Waals surface area contributed by atoms with Crippen LogP contribution in [-0.2, 0) is 6.42 Å². The van der Waals surface area contributed by atoms with E-state index >= 15 is 0 Å². The van der Waals surface area contributed by atoms with Crippen molar-refractivity contribution in [3.8, 4) is 0 Å². The maximum atomic E-state index is 11.4. The van der Waals surface area contributed by atoms with Gasteiger partial charge in [-0.3, -0.25) is 10.0 Å². The van der Waals surface area contributed by atoms with Gasteiger partial charge in [-0.1, -0.05) is 25.1 Å². The summed E-state index contributed by atoms with van der Waals surface area (Å²) in [5, 5.41) is 8.85. The molecule has 0 fully saturated rings. The van der Waals surface area contributed by atoms with E-state index in [1.54, 1.807) is 12.1 Å². The van der Waals surface area contributed by atoms with Crippen LogP contribution < -0.4 is 0 Å². The molecule has 0 aliphatic heterocycles. The fraction of sp³-hybridized carbons (Fsp3) is 0.250. The van der Waals surface area contributed by atoms with Crippen LogP contribution in [0.15, 0.2) is 24.3 Å². The van der Waals surface area contributed by atoms with Crippen molar-refractivity contribution >= 4 is 23.8 Å². The molecular formula is C12H14ClNO2. The Kier molecular flexibility index (Phi) is 4.52. The Hall–Kier alpha value is -1.32. The van der Waals surface area contributed by atoms with Gasteiger partial charge in [-0.15, -0.1) is 4.58 Å². The van der Waals surface area contributed by atoms with Gasteiger partial charge >= 0.3 is 0 Å². The molecule has 1 N–H and O–H groups in total.